The summed E-state index contributed by atoms with van der Waals surface area (Å²) in [6.07, 6.45) is 0. The zero-order chi connectivity index (χ0) is 25.9. The fourth-order valence-electron chi connectivity index (χ4n) is 4.54. The summed E-state index contributed by atoms with van der Waals surface area (Å²) in [5.74, 6) is -0.559. The molecule has 0 aliphatic heterocycles. The molecule has 0 unspecified atom stereocenters. The first-order valence-electron chi connectivity index (χ1n) is 12.2. The summed E-state index contributed by atoms with van der Waals surface area (Å²) in [6, 6.07) is 37.1. The second-order valence-corrected chi connectivity index (χ2v) is 8.67. The van der Waals surface area contributed by atoms with E-state index >= 15 is 0 Å². The van der Waals surface area contributed by atoms with E-state index in [4.69, 9.17) is 9.15 Å². The van der Waals surface area contributed by atoms with Gasteiger partial charge in [0.1, 0.15) is 5.52 Å². The van der Waals surface area contributed by atoms with E-state index in [1.807, 2.05) is 109 Å². The highest BCUT2D eigenvalue weighted by Gasteiger charge is 2.22. The van der Waals surface area contributed by atoms with E-state index in [2.05, 4.69) is 4.98 Å². The number of rotatable bonds is 6. The summed E-state index contributed by atoms with van der Waals surface area (Å²) in [5.41, 5.74) is 3.76. The van der Waals surface area contributed by atoms with Gasteiger partial charge in [-0.15, -0.1) is 0 Å². The molecular formula is C32H22N2O4. The van der Waals surface area contributed by atoms with Gasteiger partial charge in [0.05, 0.1) is 5.56 Å². The molecule has 1 aromatic heterocycles. The van der Waals surface area contributed by atoms with E-state index in [1.165, 1.54) is 0 Å². The highest BCUT2D eigenvalue weighted by molar-refractivity contribution is 6.11. The Bertz CT molecular complexity index is 1680. The number of anilines is 2. The maximum atomic E-state index is 13.4. The molecule has 0 atom stereocenters. The van der Waals surface area contributed by atoms with Gasteiger partial charge in [0.15, 0.2) is 12.2 Å². The van der Waals surface area contributed by atoms with Crippen LogP contribution in [0.5, 0.6) is 0 Å². The Morgan fingerprint density at radius 1 is 0.711 bits per heavy atom. The molecule has 38 heavy (non-hydrogen) atoms. The molecule has 6 heteroatoms. The molecule has 0 saturated carbocycles. The molecule has 6 aromatic rings. The first-order chi connectivity index (χ1) is 18.7. The lowest BCUT2D eigenvalue weighted by molar-refractivity contribution is -0.120. The molecule has 0 bridgehead atoms. The maximum absolute atomic E-state index is 13.4. The minimum atomic E-state index is -0.603. The first-order valence-corrected chi connectivity index (χ1v) is 12.2. The van der Waals surface area contributed by atoms with Gasteiger partial charge in [0.2, 0.25) is 5.89 Å². The topological polar surface area (TPSA) is 72.6 Å². The first kappa shape index (κ1) is 23.2. The Morgan fingerprint density at radius 3 is 2.03 bits per heavy atom. The van der Waals surface area contributed by atoms with Gasteiger partial charge >= 0.3 is 5.97 Å². The van der Waals surface area contributed by atoms with Crippen LogP contribution in [-0.4, -0.2) is 23.5 Å². The lowest BCUT2D eigenvalue weighted by Gasteiger charge is -2.23. The van der Waals surface area contributed by atoms with Crippen molar-refractivity contribution in [3.63, 3.8) is 0 Å². The van der Waals surface area contributed by atoms with E-state index in [1.54, 1.807) is 17.0 Å². The number of hydrogen-bond acceptors (Lipinski definition) is 5. The largest absolute Gasteiger partial charge is 0.452 e. The van der Waals surface area contributed by atoms with Gasteiger partial charge in [-0.2, -0.15) is 0 Å². The molecule has 1 amide bonds. The minimum absolute atomic E-state index is 0.333. The summed E-state index contributed by atoms with van der Waals surface area (Å²) in [7, 11) is 0. The third-order valence-corrected chi connectivity index (χ3v) is 6.25. The predicted molar refractivity (Wildman–Crippen MR) is 147 cm³/mol. The monoisotopic (exact) mass is 498 g/mol. The number of carbonyl (C=O) groups is 2. The van der Waals surface area contributed by atoms with Crippen LogP contribution in [0.15, 0.2) is 126 Å². The number of aromatic nitrogens is 1. The van der Waals surface area contributed by atoms with E-state index in [9.17, 15) is 9.59 Å². The molecule has 0 radical (unpaired) electrons. The molecule has 0 aliphatic carbocycles. The Kier molecular flexibility index (Phi) is 6.12. The Balaban J connectivity index is 1.32. The van der Waals surface area contributed by atoms with Gasteiger partial charge in [-0.25, -0.2) is 9.78 Å². The number of fused-ring (bicyclic) bond motifs is 2. The van der Waals surface area contributed by atoms with Crippen molar-refractivity contribution in [1.29, 1.82) is 0 Å². The van der Waals surface area contributed by atoms with Crippen LogP contribution < -0.4 is 4.90 Å². The fraction of sp³-hybridized carbons (Fsp3) is 0.0312. The lowest BCUT2D eigenvalue weighted by atomic mass is 9.99. The summed E-state index contributed by atoms with van der Waals surface area (Å²) in [6.45, 7) is -0.427. The highest BCUT2D eigenvalue weighted by atomic mass is 16.5. The van der Waals surface area contributed by atoms with Crippen molar-refractivity contribution in [3.05, 3.63) is 127 Å². The summed E-state index contributed by atoms with van der Waals surface area (Å²) in [5, 5.41) is 1.49. The van der Waals surface area contributed by atoms with E-state index in [-0.39, 0.29) is 5.91 Å². The molecule has 5 aromatic carbocycles. The third kappa shape index (κ3) is 4.40. The number of hydrogen-bond donors (Lipinski definition) is 0. The molecule has 0 spiro atoms. The van der Waals surface area contributed by atoms with Gasteiger partial charge in [-0.3, -0.25) is 9.69 Å². The van der Waals surface area contributed by atoms with Crippen LogP contribution in [-0.2, 0) is 9.53 Å². The van der Waals surface area contributed by atoms with Crippen LogP contribution in [0.25, 0.3) is 33.3 Å². The van der Waals surface area contributed by atoms with E-state index in [0.717, 1.165) is 10.9 Å². The number of esters is 1. The van der Waals surface area contributed by atoms with Crippen LogP contribution in [0, 0.1) is 0 Å². The smallest absolute Gasteiger partial charge is 0.339 e. The van der Waals surface area contributed by atoms with Gasteiger partial charge in [0, 0.05) is 22.3 Å². The lowest BCUT2D eigenvalue weighted by Crippen LogP contribution is -2.30. The van der Waals surface area contributed by atoms with Crippen molar-refractivity contribution in [2.24, 2.45) is 0 Å². The van der Waals surface area contributed by atoms with Crippen LogP contribution in [0.1, 0.15) is 10.4 Å². The second kappa shape index (κ2) is 10.0. The zero-order valence-electron chi connectivity index (χ0n) is 20.3. The molecule has 1 heterocycles. The quantitative estimate of drug-likeness (QED) is 0.228. The standard InChI is InChI=1S/C32H22N2O4/c35-29(34(23-13-3-1-4-14-23)24-15-5-2-6-16-24)21-37-32(36)26-18-10-12-22-11-9-17-25(30(22)26)31-33-27-19-7-8-20-28(27)38-31/h1-20H,21H2. The minimum Gasteiger partial charge on any atom is -0.452 e. The molecule has 0 saturated heterocycles. The molecule has 6 nitrogen and oxygen atoms in total. The second-order valence-electron chi connectivity index (χ2n) is 8.67. The Hall–Kier alpha value is -5.23. The van der Waals surface area contributed by atoms with Crippen molar-refractivity contribution in [2.45, 2.75) is 0 Å². The van der Waals surface area contributed by atoms with Crippen molar-refractivity contribution in [3.8, 4) is 11.5 Å². The van der Waals surface area contributed by atoms with Gasteiger partial charge in [-0.05, 0) is 53.9 Å². The molecule has 6 rings (SSSR count). The van der Waals surface area contributed by atoms with Crippen molar-refractivity contribution >= 4 is 45.1 Å². The maximum Gasteiger partial charge on any atom is 0.339 e. The molecular weight excluding hydrogens is 476 g/mol. The number of benzene rings is 5. The molecule has 0 aliphatic rings. The highest BCUT2D eigenvalue weighted by Crippen LogP contribution is 2.33. The summed E-state index contributed by atoms with van der Waals surface area (Å²) in [4.78, 5) is 32.9. The van der Waals surface area contributed by atoms with Crippen molar-refractivity contribution in [1.82, 2.24) is 4.98 Å². The Labute approximate surface area is 218 Å². The van der Waals surface area contributed by atoms with Gasteiger partial charge in [-0.1, -0.05) is 72.8 Å². The Morgan fingerprint density at radius 2 is 1.34 bits per heavy atom. The van der Waals surface area contributed by atoms with Crippen LogP contribution in [0.2, 0.25) is 0 Å². The third-order valence-electron chi connectivity index (χ3n) is 6.25. The van der Waals surface area contributed by atoms with E-state index < -0.39 is 12.6 Å². The van der Waals surface area contributed by atoms with Crippen molar-refractivity contribution < 1.29 is 18.7 Å². The SMILES string of the molecule is O=C(OCC(=O)N(c1ccccc1)c1ccccc1)c1cccc2cccc(-c3nc4ccccc4o3)c12. The van der Waals surface area contributed by atoms with Crippen LogP contribution >= 0.6 is 0 Å². The summed E-state index contributed by atoms with van der Waals surface area (Å²) >= 11 is 0. The average Bonchev–Trinajstić information content (AvgIpc) is 3.41. The number of ether oxygens (including phenoxy) is 1. The normalized spacial score (nSPS) is 10.9. The summed E-state index contributed by atoms with van der Waals surface area (Å²) < 4.78 is 11.6. The number of oxazole rings is 1. The van der Waals surface area contributed by atoms with Gasteiger partial charge < -0.3 is 9.15 Å². The van der Waals surface area contributed by atoms with Crippen LogP contribution in [0.3, 0.4) is 0 Å². The number of amides is 1. The number of carbonyl (C=O) groups excluding carboxylic acids is 2. The van der Waals surface area contributed by atoms with Crippen molar-refractivity contribution in [2.75, 3.05) is 11.5 Å². The van der Waals surface area contributed by atoms with E-state index in [0.29, 0.717) is 39.4 Å². The average molecular weight is 499 g/mol. The van der Waals surface area contributed by atoms with Gasteiger partial charge in [0.25, 0.3) is 5.91 Å². The molecule has 0 fully saturated rings. The predicted octanol–water partition coefficient (Wildman–Crippen LogP) is 7.17. The van der Waals surface area contributed by atoms with Crippen LogP contribution in [0.4, 0.5) is 11.4 Å². The molecule has 184 valence electrons. The number of nitrogens with zero attached hydrogens (tertiary/aromatic N) is 2. The fourth-order valence-corrected chi connectivity index (χ4v) is 4.54. The zero-order valence-corrected chi connectivity index (χ0v) is 20.3. The molecule has 0 N–H and O–H groups in total. The number of para-hydroxylation sites is 4.